The van der Waals surface area contributed by atoms with Gasteiger partial charge >= 0.3 is 0 Å². The fourth-order valence-corrected chi connectivity index (χ4v) is 2.30. The number of unbranched alkanes of at least 4 members (excludes halogenated alkanes) is 1. The predicted molar refractivity (Wildman–Crippen MR) is 79.2 cm³/mol. The Morgan fingerprint density at radius 3 is 2.89 bits per heavy atom. The lowest BCUT2D eigenvalue weighted by atomic mass is 10.0. The van der Waals surface area contributed by atoms with Crippen LogP contribution in [0.25, 0.3) is 0 Å². The third-order valence-corrected chi connectivity index (χ3v) is 3.50. The van der Waals surface area contributed by atoms with Gasteiger partial charge in [-0.25, -0.2) is 4.39 Å². The first-order valence-electron chi connectivity index (χ1n) is 6.48. The van der Waals surface area contributed by atoms with E-state index in [0.717, 1.165) is 37.8 Å². The van der Waals surface area contributed by atoms with Crippen molar-refractivity contribution >= 4 is 15.9 Å². The molecule has 0 bridgehead atoms. The minimum atomic E-state index is -0.209. The third kappa shape index (κ3) is 4.91. The zero-order valence-corrected chi connectivity index (χ0v) is 12.5. The molecule has 1 nitrogen and oxygen atoms in total. The van der Waals surface area contributed by atoms with Crippen LogP contribution < -0.4 is 5.32 Å². The second kappa shape index (κ2) is 8.44. The van der Waals surface area contributed by atoms with Crippen LogP contribution in [0.15, 0.2) is 35.3 Å². The van der Waals surface area contributed by atoms with Gasteiger partial charge in [-0.3, -0.25) is 0 Å². The summed E-state index contributed by atoms with van der Waals surface area (Å²) in [5.74, 6) is -0.209. The summed E-state index contributed by atoms with van der Waals surface area (Å²) in [6.07, 6.45) is 6.20. The number of nitrogens with one attached hydrogen (secondary N) is 1. The topological polar surface area (TPSA) is 12.0 Å². The van der Waals surface area contributed by atoms with E-state index in [9.17, 15) is 4.39 Å². The average Bonchev–Trinajstić information content (AvgIpc) is 2.37. The first-order chi connectivity index (χ1) is 8.69. The van der Waals surface area contributed by atoms with Gasteiger partial charge in [0.15, 0.2) is 0 Å². The van der Waals surface area contributed by atoms with Gasteiger partial charge in [-0.2, -0.15) is 0 Å². The summed E-state index contributed by atoms with van der Waals surface area (Å²) in [4.78, 5) is 0. The summed E-state index contributed by atoms with van der Waals surface area (Å²) in [5.41, 5.74) is 1.14. The van der Waals surface area contributed by atoms with Crippen LogP contribution in [-0.2, 0) is 0 Å². The Morgan fingerprint density at radius 2 is 2.28 bits per heavy atom. The van der Waals surface area contributed by atoms with Crippen molar-refractivity contribution in [2.75, 3.05) is 6.54 Å². The van der Waals surface area contributed by atoms with Crippen LogP contribution >= 0.6 is 15.9 Å². The second-order valence-electron chi connectivity index (χ2n) is 4.40. The number of halogens is 2. The van der Waals surface area contributed by atoms with Crippen molar-refractivity contribution in [3.8, 4) is 0 Å². The van der Waals surface area contributed by atoms with Gasteiger partial charge in [0.2, 0.25) is 0 Å². The molecule has 0 radical (unpaired) electrons. The molecule has 0 heterocycles. The molecule has 1 aromatic carbocycles. The molecule has 1 aromatic rings. The summed E-state index contributed by atoms with van der Waals surface area (Å²) in [6.45, 7) is 6.87. The summed E-state index contributed by atoms with van der Waals surface area (Å²) in [7, 11) is 0. The highest BCUT2D eigenvalue weighted by molar-refractivity contribution is 9.10. The predicted octanol–water partition coefficient (Wildman–Crippen LogP) is 4.99. The van der Waals surface area contributed by atoms with Gasteiger partial charge in [0, 0.05) is 6.04 Å². The molecule has 0 aliphatic rings. The molecule has 0 fully saturated rings. The number of hydrogen-bond acceptors (Lipinski definition) is 1. The van der Waals surface area contributed by atoms with Crippen molar-refractivity contribution in [3.63, 3.8) is 0 Å². The minimum absolute atomic E-state index is 0.209. The lowest BCUT2D eigenvalue weighted by Gasteiger charge is -2.19. The maximum Gasteiger partial charge on any atom is 0.137 e. The number of rotatable bonds is 8. The van der Waals surface area contributed by atoms with Gasteiger partial charge in [-0.1, -0.05) is 19.1 Å². The molecule has 0 aromatic heterocycles. The summed E-state index contributed by atoms with van der Waals surface area (Å²) in [5, 5.41) is 3.51. The minimum Gasteiger partial charge on any atom is -0.310 e. The van der Waals surface area contributed by atoms with E-state index >= 15 is 0 Å². The van der Waals surface area contributed by atoms with Gasteiger partial charge in [0.25, 0.3) is 0 Å². The van der Waals surface area contributed by atoms with E-state index in [-0.39, 0.29) is 5.82 Å². The molecule has 0 saturated carbocycles. The SMILES string of the molecule is C=CCCCC(NCCC)c1ccc(F)c(Br)c1. The molecule has 1 unspecified atom stereocenters. The fraction of sp³-hybridized carbons (Fsp3) is 0.467. The molecule has 1 N–H and O–H groups in total. The maximum atomic E-state index is 13.2. The van der Waals surface area contributed by atoms with Crippen LogP contribution in [0.4, 0.5) is 4.39 Å². The highest BCUT2D eigenvalue weighted by Gasteiger charge is 2.11. The molecule has 3 heteroatoms. The van der Waals surface area contributed by atoms with Gasteiger partial charge in [-0.15, -0.1) is 6.58 Å². The molecule has 0 saturated heterocycles. The van der Waals surface area contributed by atoms with Crippen LogP contribution in [0.5, 0.6) is 0 Å². The standard InChI is InChI=1S/C15H21BrFN/c1-3-5-6-7-15(18-10-4-2)12-8-9-14(17)13(16)11-12/h3,8-9,11,15,18H,1,4-7,10H2,2H3. The van der Waals surface area contributed by atoms with Crippen LogP contribution in [0, 0.1) is 5.82 Å². The Labute approximate surface area is 118 Å². The molecule has 0 amide bonds. The zero-order chi connectivity index (χ0) is 13.4. The van der Waals surface area contributed by atoms with Crippen LogP contribution in [-0.4, -0.2) is 6.54 Å². The lowest BCUT2D eigenvalue weighted by Crippen LogP contribution is -2.22. The Balaban J connectivity index is 2.72. The quantitative estimate of drug-likeness (QED) is 0.527. The fourth-order valence-electron chi connectivity index (χ4n) is 1.90. The smallest absolute Gasteiger partial charge is 0.137 e. The maximum absolute atomic E-state index is 13.2. The van der Waals surface area contributed by atoms with E-state index in [1.165, 1.54) is 6.07 Å². The molecule has 100 valence electrons. The molecule has 0 aliphatic carbocycles. The average molecular weight is 314 g/mol. The van der Waals surface area contributed by atoms with Crippen molar-refractivity contribution in [1.82, 2.24) is 5.32 Å². The molecule has 0 spiro atoms. The summed E-state index contributed by atoms with van der Waals surface area (Å²) >= 11 is 3.25. The molecule has 18 heavy (non-hydrogen) atoms. The van der Waals surface area contributed by atoms with Crippen molar-refractivity contribution < 1.29 is 4.39 Å². The van der Waals surface area contributed by atoms with E-state index < -0.39 is 0 Å². The van der Waals surface area contributed by atoms with Gasteiger partial charge in [0.1, 0.15) is 5.82 Å². The molecule has 0 aliphatic heterocycles. The summed E-state index contributed by atoms with van der Waals surface area (Å²) < 4.78 is 13.8. The largest absolute Gasteiger partial charge is 0.310 e. The van der Waals surface area contributed by atoms with Crippen LogP contribution in [0.3, 0.4) is 0 Å². The van der Waals surface area contributed by atoms with Gasteiger partial charge in [0.05, 0.1) is 4.47 Å². The molecule has 1 atom stereocenters. The molecular formula is C15H21BrFN. The molecular weight excluding hydrogens is 293 g/mol. The molecule has 1 rings (SSSR count). The van der Waals surface area contributed by atoms with Crippen LogP contribution in [0.1, 0.15) is 44.2 Å². The van der Waals surface area contributed by atoms with E-state index in [1.807, 2.05) is 18.2 Å². The Bertz CT molecular complexity index is 379. The van der Waals surface area contributed by atoms with E-state index in [4.69, 9.17) is 0 Å². The van der Waals surface area contributed by atoms with E-state index in [1.54, 1.807) is 0 Å². The van der Waals surface area contributed by atoms with Crippen molar-refractivity contribution in [1.29, 1.82) is 0 Å². The normalized spacial score (nSPS) is 12.4. The Morgan fingerprint density at radius 1 is 1.50 bits per heavy atom. The van der Waals surface area contributed by atoms with Gasteiger partial charge in [-0.05, 0) is 65.9 Å². The zero-order valence-electron chi connectivity index (χ0n) is 10.9. The third-order valence-electron chi connectivity index (χ3n) is 2.89. The highest BCUT2D eigenvalue weighted by atomic mass is 79.9. The first kappa shape index (κ1) is 15.4. The van der Waals surface area contributed by atoms with Crippen LogP contribution in [0.2, 0.25) is 0 Å². The van der Waals surface area contributed by atoms with E-state index in [0.29, 0.717) is 10.5 Å². The Kier molecular flexibility index (Phi) is 7.21. The number of benzene rings is 1. The van der Waals surface area contributed by atoms with Crippen molar-refractivity contribution in [2.24, 2.45) is 0 Å². The van der Waals surface area contributed by atoms with Crippen molar-refractivity contribution in [3.05, 3.63) is 46.7 Å². The highest BCUT2D eigenvalue weighted by Crippen LogP contribution is 2.24. The number of hydrogen-bond donors (Lipinski definition) is 1. The second-order valence-corrected chi connectivity index (χ2v) is 5.25. The lowest BCUT2D eigenvalue weighted by molar-refractivity contribution is 0.485. The van der Waals surface area contributed by atoms with Crippen molar-refractivity contribution in [2.45, 2.75) is 38.6 Å². The van der Waals surface area contributed by atoms with E-state index in [2.05, 4.69) is 34.7 Å². The monoisotopic (exact) mass is 313 g/mol. The summed E-state index contributed by atoms with van der Waals surface area (Å²) in [6, 6.07) is 5.55. The first-order valence-corrected chi connectivity index (χ1v) is 7.27. The van der Waals surface area contributed by atoms with Gasteiger partial charge < -0.3 is 5.32 Å². The number of allylic oxidation sites excluding steroid dienone is 1. The Hall–Kier alpha value is -0.670.